The van der Waals surface area contributed by atoms with E-state index in [-0.39, 0.29) is 12.5 Å². The standard InChI is InChI=1S/C10H23NO7P2/c1-11(2)8-4-3-5-9(11)6-7-10(19(12,13)14)18-20(15,16)17/h9-10H,3-8H2,1-2H3,(H3-,12,13,14,15,16,17). The van der Waals surface area contributed by atoms with Crippen LogP contribution in [0.2, 0.25) is 0 Å². The first kappa shape index (κ1) is 18.3. The Kier molecular flexibility index (Phi) is 5.98. The molecule has 0 saturated carbocycles. The maximum atomic E-state index is 11.2. The summed E-state index contributed by atoms with van der Waals surface area (Å²) in [5.41, 5.74) is 0. The van der Waals surface area contributed by atoms with Gasteiger partial charge in [-0.3, -0.25) is 4.52 Å². The molecule has 0 aromatic rings. The third kappa shape index (κ3) is 5.92. The highest BCUT2D eigenvalue weighted by Gasteiger charge is 2.35. The van der Waals surface area contributed by atoms with E-state index in [2.05, 4.69) is 4.52 Å². The predicted octanol–water partition coefficient (Wildman–Crippen LogP) is 0.377. The van der Waals surface area contributed by atoms with Crippen LogP contribution in [0.25, 0.3) is 0 Å². The van der Waals surface area contributed by atoms with Gasteiger partial charge in [0, 0.05) is 6.42 Å². The number of piperidine rings is 1. The third-order valence-electron chi connectivity index (χ3n) is 3.88. The maximum absolute atomic E-state index is 11.2. The number of rotatable bonds is 6. The molecule has 20 heavy (non-hydrogen) atoms. The van der Waals surface area contributed by atoms with Crippen LogP contribution in [-0.2, 0) is 13.7 Å². The largest absolute Gasteiger partial charge is 0.777 e. The summed E-state index contributed by atoms with van der Waals surface area (Å²) in [6.45, 7) is 0.975. The minimum Gasteiger partial charge on any atom is -0.777 e. The molecular weight excluding hydrogens is 308 g/mol. The van der Waals surface area contributed by atoms with Crippen molar-refractivity contribution < 1.29 is 37.7 Å². The smallest absolute Gasteiger partial charge is 0.470 e. The highest BCUT2D eigenvalue weighted by molar-refractivity contribution is 7.52. The summed E-state index contributed by atoms with van der Waals surface area (Å²) in [4.78, 5) is 37.6. The van der Waals surface area contributed by atoms with Gasteiger partial charge in [0.15, 0.2) is 7.60 Å². The van der Waals surface area contributed by atoms with Crippen LogP contribution in [0, 0.1) is 0 Å². The van der Waals surface area contributed by atoms with Crippen LogP contribution in [-0.4, -0.2) is 51.7 Å². The highest BCUT2D eigenvalue weighted by Crippen LogP contribution is 2.50. The molecule has 1 aliphatic heterocycles. The minimum absolute atomic E-state index is 0.130. The van der Waals surface area contributed by atoms with Crippen LogP contribution >= 0.6 is 15.4 Å². The van der Waals surface area contributed by atoms with Gasteiger partial charge in [0.2, 0.25) is 0 Å². The first-order valence-electron chi connectivity index (χ1n) is 6.52. The molecule has 0 radical (unpaired) electrons. The molecule has 3 atom stereocenters. The van der Waals surface area contributed by atoms with Crippen molar-refractivity contribution in [2.75, 3.05) is 20.6 Å². The van der Waals surface area contributed by atoms with Gasteiger partial charge in [-0.2, -0.15) is 0 Å². The van der Waals surface area contributed by atoms with Crippen LogP contribution in [0.1, 0.15) is 32.1 Å². The lowest BCUT2D eigenvalue weighted by Gasteiger charge is -2.42. The van der Waals surface area contributed by atoms with E-state index in [1.54, 1.807) is 0 Å². The van der Waals surface area contributed by atoms with E-state index in [9.17, 15) is 14.0 Å². The zero-order valence-electron chi connectivity index (χ0n) is 11.7. The summed E-state index contributed by atoms with van der Waals surface area (Å²) in [6, 6.07) is 0.193. The average molecular weight is 331 g/mol. The van der Waals surface area contributed by atoms with Crippen molar-refractivity contribution in [1.29, 1.82) is 0 Å². The summed E-state index contributed by atoms with van der Waals surface area (Å²) in [7, 11) is -5.83. The Bertz CT molecular complexity index is 416. The number of hydrogen-bond acceptors (Lipinski definition) is 4. The first-order chi connectivity index (χ1) is 8.92. The molecule has 8 nitrogen and oxygen atoms in total. The summed E-state index contributed by atoms with van der Waals surface area (Å²) in [6.07, 6.45) is 3.36. The molecule has 0 spiro atoms. The van der Waals surface area contributed by atoms with Gasteiger partial charge in [-0.1, -0.05) is 0 Å². The van der Waals surface area contributed by atoms with E-state index in [1.807, 2.05) is 14.1 Å². The van der Waals surface area contributed by atoms with Gasteiger partial charge in [0.05, 0.1) is 26.7 Å². The zero-order valence-corrected chi connectivity index (χ0v) is 13.5. The van der Waals surface area contributed by atoms with E-state index in [0.29, 0.717) is 6.42 Å². The number of hydrogen-bond donors (Lipinski definition) is 3. The fourth-order valence-corrected chi connectivity index (χ4v) is 4.44. The number of phosphoric ester groups is 1. The molecule has 0 aromatic heterocycles. The second-order valence-corrected chi connectivity index (χ2v) is 8.74. The van der Waals surface area contributed by atoms with Crippen molar-refractivity contribution in [2.24, 2.45) is 0 Å². The van der Waals surface area contributed by atoms with Gasteiger partial charge < -0.3 is 28.6 Å². The minimum atomic E-state index is -4.96. The molecular formula is C10H23NO7P2. The molecule has 0 aromatic carbocycles. The normalized spacial score (nSPS) is 27.8. The monoisotopic (exact) mass is 331 g/mol. The van der Waals surface area contributed by atoms with Crippen molar-refractivity contribution in [2.45, 2.75) is 44.0 Å². The van der Waals surface area contributed by atoms with E-state index in [4.69, 9.17) is 14.7 Å². The fourth-order valence-electron chi connectivity index (χ4n) is 2.69. The van der Waals surface area contributed by atoms with Crippen LogP contribution in [0.3, 0.4) is 0 Å². The fraction of sp³-hybridized carbons (Fsp3) is 1.00. The Morgan fingerprint density at radius 3 is 2.35 bits per heavy atom. The van der Waals surface area contributed by atoms with E-state index in [0.717, 1.165) is 30.3 Å². The molecule has 0 aliphatic carbocycles. The van der Waals surface area contributed by atoms with Crippen molar-refractivity contribution >= 4 is 15.4 Å². The summed E-state index contributed by atoms with van der Waals surface area (Å²) >= 11 is 0. The molecule has 1 rings (SSSR count). The van der Waals surface area contributed by atoms with Gasteiger partial charge in [-0.05, 0) is 25.7 Å². The lowest BCUT2D eigenvalue weighted by Crippen LogP contribution is -2.52. The highest BCUT2D eigenvalue weighted by atomic mass is 31.2. The number of likely N-dealkylation sites (tertiary alicyclic amines) is 1. The second-order valence-electron chi connectivity index (χ2n) is 5.84. The summed E-state index contributed by atoms with van der Waals surface area (Å²) in [5, 5.41) is 0. The number of nitrogens with zero attached hydrogens (tertiary/aromatic N) is 1. The number of phosphoric acid groups is 1. The van der Waals surface area contributed by atoms with Gasteiger partial charge in [0.1, 0.15) is 5.85 Å². The molecule has 1 saturated heterocycles. The van der Waals surface area contributed by atoms with Crippen LogP contribution in [0.5, 0.6) is 0 Å². The molecule has 1 aliphatic rings. The molecule has 1 heterocycles. The van der Waals surface area contributed by atoms with Gasteiger partial charge in [-0.15, -0.1) is 0 Å². The Morgan fingerprint density at radius 1 is 1.30 bits per heavy atom. The van der Waals surface area contributed by atoms with Crippen molar-refractivity contribution in [3.63, 3.8) is 0 Å². The molecule has 10 heteroatoms. The Balaban J connectivity index is 2.67. The van der Waals surface area contributed by atoms with E-state index < -0.39 is 21.3 Å². The molecule has 3 N–H and O–H groups in total. The quantitative estimate of drug-likeness (QED) is 0.474. The topological polar surface area (TPSA) is 127 Å². The van der Waals surface area contributed by atoms with Crippen molar-refractivity contribution in [3.05, 3.63) is 0 Å². The van der Waals surface area contributed by atoms with Gasteiger partial charge in [0.25, 0.3) is 0 Å². The Labute approximate surface area is 118 Å². The average Bonchev–Trinajstić information content (AvgIpc) is 2.22. The third-order valence-corrected chi connectivity index (χ3v) is 5.67. The van der Waals surface area contributed by atoms with E-state index in [1.165, 1.54) is 0 Å². The Hall–Kier alpha value is 0.220. The molecule has 1 fully saturated rings. The van der Waals surface area contributed by atoms with Gasteiger partial charge >= 0.3 is 7.82 Å². The lowest BCUT2D eigenvalue weighted by molar-refractivity contribution is -0.920. The van der Waals surface area contributed by atoms with Crippen molar-refractivity contribution in [3.8, 4) is 0 Å². The van der Waals surface area contributed by atoms with Crippen LogP contribution in [0.4, 0.5) is 0 Å². The Morgan fingerprint density at radius 2 is 1.90 bits per heavy atom. The predicted molar refractivity (Wildman–Crippen MR) is 70.6 cm³/mol. The molecule has 0 bridgehead atoms. The van der Waals surface area contributed by atoms with Gasteiger partial charge in [-0.25, -0.2) is 4.57 Å². The van der Waals surface area contributed by atoms with E-state index >= 15 is 0 Å². The van der Waals surface area contributed by atoms with Crippen molar-refractivity contribution in [1.82, 2.24) is 0 Å². The summed E-state index contributed by atoms with van der Waals surface area (Å²) < 4.78 is 26.8. The second kappa shape index (κ2) is 6.55. The molecule has 120 valence electrons. The number of quaternary nitrogens is 1. The lowest BCUT2D eigenvalue weighted by atomic mass is 9.96. The summed E-state index contributed by atoms with van der Waals surface area (Å²) in [5.74, 6) is -1.86. The first-order valence-corrected chi connectivity index (χ1v) is 9.69. The maximum Gasteiger partial charge on any atom is 0.470 e. The van der Waals surface area contributed by atoms with Crippen LogP contribution in [0.15, 0.2) is 0 Å². The SMILES string of the molecule is C[N+]1(C)CCCCC1CCC(OP(=O)(O)O)P(=O)([O-])O. The zero-order chi connectivity index (χ0) is 15.6. The molecule has 0 amide bonds. The van der Waals surface area contributed by atoms with Crippen LogP contribution < -0.4 is 4.89 Å². The molecule has 3 unspecified atom stereocenters.